The van der Waals surface area contributed by atoms with Gasteiger partial charge in [-0.1, -0.05) is 85.1 Å². The molecule has 1 atom stereocenters. The van der Waals surface area contributed by atoms with Crippen molar-refractivity contribution in [1.29, 1.82) is 0 Å². The lowest BCUT2D eigenvalue weighted by Gasteiger charge is -2.32. The minimum absolute atomic E-state index is 0.121. The van der Waals surface area contributed by atoms with Crippen molar-refractivity contribution >= 4 is 23.4 Å². The van der Waals surface area contributed by atoms with Gasteiger partial charge in [-0.2, -0.15) is 0 Å². The molecule has 1 N–H and O–H groups in total. The highest BCUT2D eigenvalue weighted by molar-refractivity contribution is 6.30. The molecule has 35 heavy (non-hydrogen) atoms. The molecule has 6 heteroatoms. The normalized spacial score (nSPS) is 14.5. The van der Waals surface area contributed by atoms with E-state index in [1.165, 1.54) is 6.07 Å². The number of amides is 2. The second-order valence-corrected chi connectivity index (χ2v) is 9.55. The molecule has 3 aromatic carbocycles. The Hall–Kier alpha value is -3.18. The zero-order valence-corrected chi connectivity index (χ0v) is 20.4. The van der Waals surface area contributed by atoms with Gasteiger partial charge in [-0.05, 0) is 47.7 Å². The second-order valence-electron chi connectivity index (χ2n) is 9.12. The molecule has 4 rings (SSSR count). The number of nitrogens with zero attached hydrogens (tertiary/aromatic N) is 1. The zero-order valence-electron chi connectivity index (χ0n) is 19.6. The van der Waals surface area contributed by atoms with Crippen molar-refractivity contribution < 1.29 is 14.0 Å². The molecule has 1 aliphatic rings. The number of nitrogens with one attached hydrogen (secondary N) is 1. The van der Waals surface area contributed by atoms with E-state index in [0.29, 0.717) is 17.0 Å². The molecule has 1 aliphatic carbocycles. The predicted octanol–water partition coefficient (Wildman–Crippen LogP) is 5.72. The molecule has 4 nitrogen and oxygen atoms in total. The van der Waals surface area contributed by atoms with Crippen LogP contribution in [-0.2, 0) is 29.0 Å². The number of rotatable bonds is 9. The Morgan fingerprint density at radius 2 is 1.63 bits per heavy atom. The van der Waals surface area contributed by atoms with E-state index in [4.69, 9.17) is 11.6 Å². The highest BCUT2D eigenvalue weighted by Crippen LogP contribution is 2.22. The van der Waals surface area contributed by atoms with E-state index >= 15 is 0 Å². The van der Waals surface area contributed by atoms with Gasteiger partial charge in [0.15, 0.2) is 0 Å². The Morgan fingerprint density at radius 1 is 0.943 bits per heavy atom. The summed E-state index contributed by atoms with van der Waals surface area (Å²) in [4.78, 5) is 28.9. The molecule has 0 bridgehead atoms. The van der Waals surface area contributed by atoms with Crippen LogP contribution in [0.5, 0.6) is 0 Å². The van der Waals surface area contributed by atoms with Crippen LogP contribution in [0.3, 0.4) is 0 Å². The first-order chi connectivity index (χ1) is 17.0. The minimum atomic E-state index is -0.740. The first-order valence-corrected chi connectivity index (χ1v) is 12.5. The van der Waals surface area contributed by atoms with E-state index in [9.17, 15) is 14.0 Å². The van der Waals surface area contributed by atoms with Crippen molar-refractivity contribution in [2.45, 2.75) is 57.2 Å². The Bertz CT molecular complexity index is 1150. The van der Waals surface area contributed by atoms with Crippen LogP contribution in [0.1, 0.15) is 42.4 Å². The summed E-state index contributed by atoms with van der Waals surface area (Å²) in [5.41, 5.74) is 2.07. The molecular weight excluding hydrogens is 463 g/mol. The number of benzene rings is 3. The molecule has 0 heterocycles. The first-order valence-electron chi connectivity index (χ1n) is 12.1. The molecule has 1 saturated carbocycles. The highest BCUT2D eigenvalue weighted by Gasteiger charge is 2.32. The third kappa shape index (κ3) is 6.92. The van der Waals surface area contributed by atoms with E-state index < -0.39 is 11.9 Å². The number of halogens is 2. The lowest BCUT2D eigenvalue weighted by atomic mass is 10.0. The summed E-state index contributed by atoms with van der Waals surface area (Å²) in [5, 5.41) is 3.73. The van der Waals surface area contributed by atoms with Gasteiger partial charge in [0.1, 0.15) is 11.9 Å². The first kappa shape index (κ1) is 24.9. The average Bonchev–Trinajstić information content (AvgIpc) is 3.36. The number of hydrogen-bond donors (Lipinski definition) is 1. The maximum absolute atomic E-state index is 14.4. The molecule has 0 saturated heterocycles. The van der Waals surface area contributed by atoms with Crippen LogP contribution in [0.4, 0.5) is 4.39 Å². The van der Waals surface area contributed by atoms with Gasteiger partial charge < -0.3 is 10.2 Å². The van der Waals surface area contributed by atoms with Crippen LogP contribution in [0, 0.1) is 5.82 Å². The van der Waals surface area contributed by atoms with E-state index in [-0.39, 0.29) is 30.8 Å². The molecule has 1 fully saturated rings. The molecule has 0 aromatic heterocycles. The van der Waals surface area contributed by atoms with Crippen molar-refractivity contribution in [3.05, 3.63) is 106 Å². The summed E-state index contributed by atoms with van der Waals surface area (Å²) >= 11 is 6.21. The fraction of sp³-hybridized carbons (Fsp3) is 0.310. The largest absolute Gasteiger partial charge is 0.352 e. The van der Waals surface area contributed by atoms with Gasteiger partial charge in [0.25, 0.3) is 0 Å². The monoisotopic (exact) mass is 492 g/mol. The summed E-state index contributed by atoms with van der Waals surface area (Å²) in [6, 6.07) is 22.6. The fourth-order valence-corrected chi connectivity index (χ4v) is 4.87. The van der Waals surface area contributed by atoms with Gasteiger partial charge in [0, 0.05) is 24.0 Å². The summed E-state index contributed by atoms with van der Waals surface area (Å²) in [6.07, 6.45) is 4.31. The quantitative estimate of drug-likeness (QED) is 0.415. The zero-order chi connectivity index (χ0) is 24.6. The van der Waals surface area contributed by atoms with Gasteiger partial charge in [0.2, 0.25) is 11.8 Å². The van der Waals surface area contributed by atoms with E-state index in [1.807, 2.05) is 42.5 Å². The van der Waals surface area contributed by atoms with Crippen LogP contribution < -0.4 is 5.32 Å². The van der Waals surface area contributed by atoms with Crippen molar-refractivity contribution in [1.82, 2.24) is 10.2 Å². The van der Waals surface area contributed by atoms with E-state index in [1.54, 1.807) is 35.2 Å². The Labute approximate surface area is 211 Å². The molecule has 2 amide bonds. The Balaban J connectivity index is 1.67. The maximum Gasteiger partial charge on any atom is 0.243 e. The molecule has 0 unspecified atom stereocenters. The van der Waals surface area contributed by atoms with E-state index in [2.05, 4.69) is 5.32 Å². The summed E-state index contributed by atoms with van der Waals surface area (Å²) in [5.74, 6) is -0.916. The number of carbonyl (C=O) groups excluding carboxylic acids is 2. The third-order valence-corrected chi connectivity index (χ3v) is 6.75. The van der Waals surface area contributed by atoms with Crippen LogP contribution in [0.2, 0.25) is 5.02 Å². The van der Waals surface area contributed by atoms with Crippen molar-refractivity contribution in [2.24, 2.45) is 0 Å². The van der Waals surface area contributed by atoms with Crippen LogP contribution in [0.25, 0.3) is 0 Å². The number of carbonyl (C=O) groups is 2. The van der Waals surface area contributed by atoms with Crippen LogP contribution in [-0.4, -0.2) is 28.8 Å². The highest BCUT2D eigenvalue weighted by atomic mass is 35.5. The standard InChI is InChI=1S/C29H30ClFN2O2/c30-24-13-8-11-22(17-24)20-33(28(34)19-23-12-4-7-16-26(23)31)27(18-21-9-2-1-3-10-21)29(35)32-25-14-5-6-15-25/h1-4,7-13,16-17,25,27H,5-6,14-15,18-20H2,(H,32,35)/t27-/m1/s1. The molecule has 182 valence electrons. The lowest BCUT2D eigenvalue weighted by Crippen LogP contribution is -2.52. The van der Waals surface area contributed by atoms with Crippen molar-refractivity contribution in [3.8, 4) is 0 Å². The molecule has 0 aliphatic heterocycles. The van der Waals surface area contributed by atoms with Gasteiger partial charge >= 0.3 is 0 Å². The average molecular weight is 493 g/mol. The lowest BCUT2D eigenvalue weighted by molar-refractivity contribution is -0.141. The van der Waals surface area contributed by atoms with Crippen LogP contribution in [0.15, 0.2) is 78.9 Å². The molecule has 0 spiro atoms. The summed E-state index contributed by atoms with van der Waals surface area (Å²) in [6.45, 7) is 0.198. The predicted molar refractivity (Wildman–Crippen MR) is 136 cm³/mol. The van der Waals surface area contributed by atoms with E-state index in [0.717, 1.165) is 36.8 Å². The Kier molecular flexibility index (Phi) is 8.54. The SMILES string of the molecule is O=C(NC1CCCC1)[C@@H](Cc1ccccc1)N(Cc1cccc(Cl)c1)C(=O)Cc1ccccc1F. The smallest absolute Gasteiger partial charge is 0.243 e. The molecule has 3 aromatic rings. The second kappa shape index (κ2) is 12.0. The topological polar surface area (TPSA) is 49.4 Å². The summed E-state index contributed by atoms with van der Waals surface area (Å²) in [7, 11) is 0. The van der Waals surface area contributed by atoms with Gasteiger partial charge in [-0.15, -0.1) is 0 Å². The van der Waals surface area contributed by atoms with Crippen LogP contribution >= 0.6 is 11.6 Å². The third-order valence-electron chi connectivity index (χ3n) is 6.51. The van der Waals surface area contributed by atoms with Gasteiger partial charge in [-0.3, -0.25) is 9.59 Å². The minimum Gasteiger partial charge on any atom is -0.352 e. The maximum atomic E-state index is 14.4. The van der Waals surface area contributed by atoms with Gasteiger partial charge in [0.05, 0.1) is 6.42 Å². The number of hydrogen-bond acceptors (Lipinski definition) is 2. The van der Waals surface area contributed by atoms with Gasteiger partial charge in [-0.25, -0.2) is 4.39 Å². The Morgan fingerprint density at radius 3 is 2.34 bits per heavy atom. The fourth-order valence-electron chi connectivity index (χ4n) is 4.66. The molecule has 0 radical (unpaired) electrons. The van der Waals surface area contributed by atoms with Crippen molar-refractivity contribution in [3.63, 3.8) is 0 Å². The summed E-state index contributed by atoms with van der Waals surface area (Å²) < 4.78 is 14.4. The molecular formula is C29H30ClFN2O2. The van der Waals surface area contributed by atoms with Crippen molar-refractivity contribution in [2.75, 3.05) is 0 Å².